The van der Waals surface area contributed by atoms with E-state index in [1.54, 1.807) is 24.5 Å². The van der Waals surface area contributed by atoms with Crippen LogP contribution in [0.5, 0.6) is 0 Å². The Morgan fingerprint density at radius 2 is 2.33 bits per heavy atom. The topological polar surface area (TPSA) is 91.3 Å². The van der Waals surface area contributed by atoms with Gasteiger partial charge in [0.15, 0.2) is 0 Å². The normalized spacial score (nSPS) is 11.8. The van der Waals surface area contributed by atoms with Gasteiger partial charge in [0.25, 0.3) is 0 Å². The van der Waals surface area contributed by atoms with E-state index in [0.29, 0.717) is 19.4 Å². The number of urea groups is 1. The van der Waals surface area contributed by atoms with Crippen LogP contribution in [0.15, 0.2) is 11.6 Å². The van der Waals surface area contributed by atoms with E-state index in [0.717, 1.165) is 5.01 Å². The number of hydrogen-bond donors (Lipinski definition) is 3. The largest absolute Gasteiger partial charge is 0.481 e. The highest BCUT2D eigenvalue weighted by Crippen LogP contribution is 2.03. The van der Waals surface area contributed by atoms with Gasteiger partial charge in [0.1, 0.15) is 0 Å². The first kappa shape index (κ1) is 14.4. The third kappa shape index (κ3) is 6.19. The number of hydrogen-bond acceptors (Lipinski definition) is 4. The predicted molar refractivity (Wildman–Crippen MR) is 68.7 cm³/mol. The fraction of sp³-hybridized carbons (Fsp3) is 0.545. The number of nitrogens with one attached hydrogen (secondary N) is 2. The highest BCUT2D eigenvalue weighted by atomic mass is 32.1. The van der Waals surface area contributed by atoms with Crippen molar-refractivity contribution >= 4 is 23.3 Å². The van der Waals surface area contributed by atoms with Gasteiger partial charge in [0, 0.05) is 37.0 Å². The molecule has 0 bridgehead atoms. The molecule has 0 spiro atoms. The number of rotatable bonds is 7. The third-order valence-electron chi connectivity index (χ3n) is 2.28. The molecule has 0 aliphatic heterocycles. The van der Waals surface area contributed by atoms with Crippen LogP contribution in [-0.4, -0.2) is 34.7 Å². The quantitative estimate of drug-likeness (QED) is 0.695. The Hall–Kier alpha value is -1.63. The maximum atomic E-state index is 11.4. The van der Waals surface area contributed by atoms with Crippen LogP contribution in [0.2, 0.25) is 0 Å². The van der Waals surface area contributed by atoms with Crippen molar-refractivity contribution in [3.05, 3.63) is 16.6 Å². The molecule has 1 heterocycles. The van der Waals surface area contributed by atoms with E-state index in [4.69, 9.17) is 5.11 Å². The van der Waals surface area contributed by atoms with E-state index < -0.39 is 5.97 Å². The summed E-state index contributed by atoms with van der Waals surface area (Å²) in [6, 6.07) is -0.426. The molecule has 3 N–H and O–H groups in total. The Kier molecular flexibility index (Phi) is 6.13. The SMILES string of the molecule is CC(CCC(=O)O)NC(=O)NCCc1nccs1. The van der Waals surface area contributed by atoms with Crippen LogP contribution in [0.3, 0.4) is 0 Å². The number of amides is 2. The summed E-state index contributed by atoms with van der Waals surface area (Å²) in [4.78, 5) is 25.9. The average molecular weight is 271 g/mol. The van der Waals surface area contributed by atoms with Crippen molar-refractivity contribution in [2.24, 2.45) is 0 Å². The van der Waals surface area contributed by atoms with Gasteiger partial charge >= 0.3 is 12.0 Å². The lowest BCUT2D eigenvalue weighted by atomic mass is 10.2. The fourth-order valence-corrected chi connectivity index (χ4v) is 1.97. The van der Waals surface area contributed by atoms with E-state index in [1.165, 1.54) is 0 Å². The smallest absolute Gasteiger partial charge is 0.315 e. The Bertz CT molecular complexity index is 381. The lowest BCUT2D eigenvalue weighted by Gasteiger charge is -2.13. The third-order valence-corrected chi connectivity index (χ3v) is 3.12. The van der Waals surface area contributed by atoms with Crippen molar-refractivity contribution in [1.82, 2.24) is 15.6 Å². The minimum absolute atomic E-state index is 0.0561. The zero-order valence-corrected chi connectivity index (χ0v) is 11.0. The zero-order valence-electron chi connectivity index (χ0n) is 10.2. The molecule has 0 fully saturated rings. The lowest BCUT2D eigenvalue weighted by Crippen LogP contribution is -2.41. The molecule has 6 nitrogen and oxygen atoms in total. The molecular formula is C11H17N3O3S. The average Bonchev–Trinajstić information content (AvgIpc) is 2.79. The molecule has 0 saturated heterocycles. The fourth-order valence-electron chi connectivity index (χ4n) is 1.35. The van der Waals surface area contributed by atoms with Crippen molar-refractivity contribution in [2.75, 3.05) is 6.54 Å². The van der Waals surface area contributed by atoms with E-state index >= 15 is 0 Å². The molecule has 1 unspecified atom stereocenters. The van der Waals surface area contributed by atoms with Crippen molar-refractivity contribution < 1.29 is 14.7 Å². The molecule has 0 saturated carbocycles. The summed E-state index contributed by atoms with van der Waals surface area (Å²) < 4.78 is 0. The maximum absolute atomic E-state index is 11.4. The van der Waals surface area contributed by atoms with Crippen molar-refractivity contribution in [1.29, 1.82) is 0 Å². The first-order chi connectivity index (χ1) is 8.58. The molecule has 18 heavy (non-hydrogen) atoms. The molecule has 0 aromatic carbocycles. The molecule has 0 aliphatic carbocycles. The highest BCUT2D eigenvalue weighted by Gasteiger charge is 2.08. The molecule has 0 radical (unpaired) electrons. The van der Waals surface area contributed by atoms with Crippen LogP contribution in [0.25, 0.3) is 0 Å². The van der Waals surface area contributed by atoms with Gasteiger partial charge in [-0.3, -0.25) is 4.79 Å². The number of nitrogens with zero attached hydrogens (tertiary/aromatic N) is 1. The second-order valence-electron chi connectivity index (χ2n) is 3.91. The molecule has 1 aromatic heterocycles. The summed E-state index contributed by atoms with van der Waals surface area (Å²) in [5, 5.41) is 16.8. The first-order valence-corrected chi connectivity index (χ1v) is 6.60. The number of aliphatic carboxylic acids is 1. The van der Waals surface area contributed by atoms with Crippen molar-refractivity contribution in [3.63, 3.8) is 0 Å². The monoisotopic (exact) mass is 271 g/mol. The lowest BCUT2D eigenvalue weighted by molar-refractivity contribution is -0.137. The van der Waals surface area contributed by atoms with E-state index in [1.807, 2.05) is 5.38 Å². The van der Waals surface area contributed by atoms with E-state index in [9.17, 15) is 9.59 Å². The first-order valence-electron chi connectivity index (χ1n) is 5.72. The standard InChI is InChI=1S/C11H17N3O3S/c1-8(2-3-10(15)16)14-11(17)13-5-4-9-12-6-7-18-9/h6-8H,2-5H2,1H3,(H,15,16)(H2,13,14,17). The van der Waals surface area contributed by atoms with Crippen LogP contribution in [0.4, 0.5) is 4.79 Å². The number of carbonyl (C=O) groups excluding carboxylic acids is 1. The molecule has 7 heteroatoms. The molecular weight excluding hydrogens is 254 g/mol. The van der Waals surface area contributed by atoms with Crippen LogP contribution in [0, 0.1) is 0 Å². The zero-order chi connectivity index (χ0) is 13.4. The number of aromatic nitrogens is 1. The minimum Gasteiger partial charge on any atom is -0.481 e. The van der Waals surface area contributed by atoms with Gasteiger partial charge in [-0.05, 0) is 13.3 Å². The van der Waals surface area contributed by atoms with Crippen molar-refractivity contribution in [3.8, 4) is 0 Å². The summed E-state index contributed by atoms with van der Waals surface area (Å²) in [5.41, 5.74) is 0. The molecule has 1 aromatic rings. The van der Waals surface area contributed by atoms with Gasteiger partial charge in [0.2, 0.25) is 0 Å². The van der Waals surface area contributed by atoms with E-state index in [2.05, 4.69) is 15.6 Å². The van der Waals surface area contributed by atoms with Crippen LogP contribution in [-0.2, 0) is 11.2 Å². The Balaban J connectivity index is 2.11. The van der Waals surface area contributed by atoms with E-state index in [-0.39, 0.29) is 18.5 Å². The molecule has 1 rings (SSSR count). The Labute approximate surface area is 109 Å². The molecule has 100 valence electrons. The summed E-state index contributed by atoms with van der Waals surface area (Å²) >= 11 is 1.55. The minimum atomic E-state index is -0.854. The van der Waals surface area contributed by atoms with Crippen molar-refractivity contribution in [2.45, 2.75) is 32.2 Å². The number of thiazole rings is 1. The Morgan fingerprint density at radius 3 is 2.94 bits per heavy atom. The number of carboxylic acid groups (broad SMARTS) is 1. The van der Waals surface area contributed by atoms with Gasteiger partial charge in [-0.2, -0.15) is 0 Å². The number of carboxylic acids is 1. The van der Waals surface area contributed by atoms with Gasteiger partial charge < -0.3 is 15.7 Å². The summed E-state index contributed by atoms with van der Waals surface area (Å²) in [6.07, 6.45) is 2.92. The van der Waals surface area contributed by atoms with Crippen LogP contribution in [0.1, 0.15) is 24.8 Å². The highest BCUT2D eigenvalue weighted by molar-refractivity contribution is 7.09. The van der Waals surface area contributed by atoms with Crippen LogP contribution < -0.4 is 10.6 Å². The predicted octanol–water partition coefficient (Wildman–Crippen LogP) is 1.24. The summed E-state index contributed by atoms with van der Waals surface area (Å²) in [7, 11) is 0. The molecule has 1 atom stereocenters. The summed E-state index contributed by atoms with van der Waals surface area (Å²) in [6.45, 7) is 2.30. The van der Waals surface area contributed by atoms with Gasteiger partial charge in [-0.15, -0.1) is 11.3 Å². The summed E-state index contributed by atoms with van der Waals surface area (Å²) in [5.74, 6) is -0.854. The van der Waals surface area contributed by atoms with Gasteiger partial charge in [-0.1, -0.05) is 0 Å². The molecule has 0 aliphatic rings. The Morgan fingerprint density at radius 1 is 1.56 bits per heavy atom. The number of carbonyl (C=O) groups is 2. The van der Waals surface area contributed by atoms with Crippen LogP contribution >= 0.6 is 11.3 Å². The second-order valence-corrected chi connectivity index (χ2v) is 4.89. The molecule has 2 amide bonds. The van der Waals surface area contributed by atoms with Gasteiger partial charge in [-0.25, -0.2) is 9.78 Å². The second kappa shape index (κ2) is 7.65. The van der Waals surface area contributed by atoms with Gasteiger partial charge in [0.05, 0.1) is 5.01 Å². The maximum Gasteiger partial charge on any atom is 0.315 e.